The summed E-state index contributed by atoms with van der Waals surface area (Å²) in [4.78, 5) is 19.7. The highest BCUT2D eigenvalue weighted by molar-refractivity contribution is 5.79. The summed E-state index contributed by atoms with van der Waals surface area (Å²) < 4.78 is 18.8. The van der Waals surface area contributed by atoms with Crippen molar-refractivity contribution < 1.29 is 13.6 Å². The molecule has 1 amide bonds. The first-order chi connectivity index (χ1) is 12.2. The van der Waals surface area contributed by atoms with Gasteiger partial charge in [-0.1, -0.05) is 12.1 Å². The van der Waals surface area contributed by atoms with Crippen molar-refractivity contribution in [2.45, 2.75) is 19.4 Å². The molecule has 0 fully saturated rings. The van der Waals surface area contributed by atoms with Gasteiger partial charge in [0.2, 0.25) is 5.91 Å². The molecule has 0 aliphatic heterocycles. The van der Waals surface area contributed by atoms with E-state index in [1.54, 1.807) is 12.1 Å². The van der Waals surface area contributed by atoms with E-state index >= 15 is 0 Å². The van der Waals surface area contributed by atoms with Crippen molar-refractivity contribution in [3.8, 4) is 0 Å². The van der Waals surface area contributed by atoms with E-state index in [0.29, 0.717) is 29.6 Å². The van der Waals surface area contributed by atoms with Crippen molar-refractivity contribution in [1.82, 2.24) is 15.3 Å². The molecule has 5 nitrogen and oxygen atoms in total. The fourth-order valence-corrected chi connectivity index (χ4v) is 2.79. The summed E-state index contributed by atoms with van der Waals surface area (Å²) in [6.45, 7) is 0.273. The van der Waals surface area contributed by atoms with Crippen LogP contribution in [0.15, 0.2) is 52.9 Å². The number of para-hydroxylation sites is 2. The fraction of sp³-hybridized carbons (Fsp3) is 0.158. The number of carbonyl (C=O) groups is 1. The Kier molecular flexibility index (Phi) is 3.93. The normalized spacial score (nSPS) is 11.2. The minimum Gasteiger partial charge on any atom is -0.459 e. The SMILES string of the molecule is O=C(CCc1nc2ccccc2[nH]1)NCc1cc2cc(F)ccc2o1. The largest absolute Gasteiger partial charge is 0.459 e. The van der Waals surface area contributed by atoms with Crippen LogP contribution >= 0.6 is 0 Å². The van der Waals surface area contributed by atoms with E-state index in [4.69, 9.17) is 4.42 Å². The second-order valence-electron chi connectivity index (χ2n) is 5.87. The topological polar surface area (TPSA) is 70.9 Å². The molecule has 0 unspecified atom stereocenters. The van der Waals surface area contributed by atoms with E-state index in [-0.39, 0.29) is 18.3 Å². The Balaban J connectivity index is 1.33. The van der Waals surface area contributed by atoms with E-state index in [2.05, 4.69) is 15.3 Å². The molecule has 25 heavy (non-hydrogen) atoms. The average molecular weight is 337 g/mol. The molecule has 0 saturated heterocycles. The zero-order valence-electron chi connectivity index (χ0n) is 13.4. The van der Waals surface area contributed by atoms with Crippen molar-refractivity contribution >= 4 is 27.9 Å². The number of halogens is 1. The highest BCUT2D eigenvalue weighted by atomic mass is 19.1. The predicted octanol–water partition coefficient (Wildman–Crippen LogP) is 3.70. The smallest absolute Gasteiger partial charge is 0.220 e. The number of nitrogens with one attached hydrogen (secondary N) is 2. The van der Waals surface area contributed by atoms with E-state index in [9.17, 15) is 9.18 Å². The first-order valence-corrected chi connectivity index (χ1v) is 8.06. The van der Waals surface area contributed by atoms with Crippen LogP contribution in [0.3, 0.4) is 0 Å². The molecule has 0 atom stereocenters. The molecule has 0 bridgehead atoms. The summed E-state index contributed by atoms with van der Waals surface area (Å²) in [6, 6.07) is 13.8. The molecular formula is C19H16FN3O2. The maximum Gasteiger partial charge on any atom is 0.220 e. The molecule has 0 aliphatic rings. The minimum atomic E-state index is -0.310. The Morgan fingerprint density at radius 3 is 2.96 bits per heavy atom. The number of furan rings is 1. The Labute approximate surface area is 142 Å². The van der Waals surface area contributed by atoms with Crippen LogP contribution in [-0.4, -0.2) is 15.9 Å². The molecular weight excluding hydrogens is 321 g/mol. The third-order valence-electron chi connectivity index (χ3n) is 4.02. The molecule has 2 heterocycles. The Bertz CT molecular complexity index is 1020. The van der Waals surface area contributed by atoms with Crippen LogP contribution in [-0.2, 0) is 17.8 Å². The number of nitrogens with zero attached hydrogens (tertiary/aromatic N) is 1. The lowest BCUT2D eigenvalue weighted by molar-refractivity contribution is -0.121. The number of H-pyrrole nitrogens is 1. The third-order valence-corrected chi connectivity index (χ3v) is 4.02. The van der Waals surface area contributed by atoms with Crippen molar-refractivity contribution in [3.63, 3.8) is 0 Å². The van der Waals surface area contributed by atoms with Crippen LogP contribution in [0.25, 0.3) is 22.0 Å². The summed E-state index contributed by atoms with van der Waals surface area (Å²) in [5, 5.41) is 3.50. The molecule has 0 saturated carbocycles. The van der Waals surface area contributed by atoms with E-state index in [0.717, 1.165) is 16.9 Å². The van der Waals surface area contributed by atoms with Crippen LogP contribution in [0.1, 0.15) is 18.0 Å². The van der Waals surface area contributed by atoms with Gasteiger partial charge >= 0.3 is 0 Å². The number of hydrogen-bond donors (Lipinski definition) is 2. The highest BCUT2D eigenvalue weighted by Crippen LogP contribution is 2.20. The van der Waals surface area contributed by atoms with E-state index < -0.39 is 0 Å². The quantitative estimate of drug-likeness (QED) is 0.583. The number of benzene rings is 2. The summed E-state index contributed by atoms with van der Waals surface area (Å²) in [5.41, 5.74) is 2.47. The molecule has 2 aromatic carbocycles. The zero-order chi connectivity index (χ0) is 17.2. The lowest BCUT2D eigenvalue weighted by Crippen LogP contribution is -2.22. The minimum absolute atomic E-state index is 0.0907. The van der Waals surface area contributed by atoms with Crippen LogP contribution in [0.5, 0.6) is 0 Å². The number of amides is 1. The number of rotatable bonds is 5. The number of aryl methyl sites for hydroxylation is 1. The molecule has 6 heteroatoms. The van der Waals surface area contributed by atoms with Gasteiger partial charge in [-0.2, -0.15) is 0 Å². The molecule has 4 rings (SSSR count). The zero-order valence-corrected chi connectivity index (χ0v) is 13.4. The Morgan fingerprint density at radius 1 is 1.20 bits per heavy atom. The van der Waals surface area contributed by atoms with Crippen molar-refractivity contribution in [3.05, 3.63) is 65.9 Å². The number of aromatic nitrogens is 2. The van der Waals surface area contributed by atoms with Crippen molar-refractivity contribution in [1.29, 1.82) is 0 Å². The van der Waals surface area contributed by atoms with Gasteiger partial charge in [-0.25, -0.2) is 9.37 Å². The van der Waals surface area contributed by atoms with Gasteiger partial charge < -0.3 is 14.7 Å². The number of hydrogen-bond acceptors (Lipinski definition) is 3. The number of aromatic amines is 1. The molecule has 0 radical (unpaired) electrons. The van der Waals surface area contributed by atoms with Gasteiger partial charge in [-0.15, -0.1) is 0 Å². The standard InChI is InChI=1S/C19H16FN3O2/c20-13-5-6-17-12(9-13)10-14(25-17)11-21-19(24)8-7-18-22-15-3-1-2-4-16(15)23-18/h1-6,9-10H,7-8,11H2,(H,21,24)(H,22,23). The maximum atomic E-state index is 13.2. The first-order valence-electron chi connectivity index (χ1n) is 8.06. The average Bonchev–Trinajstić information content (AvgIpc) is 3.20. The molecule has 0 aliphatic carbocycles. The van der Waals surface area contributed by atoms with Crippen LogP contribution < -0.4 is 5.32 Å². The molecule has 4 aromatic rings. The Morgan fingerprint density at radius 2 is 2.08 bits per heavy atom. The fourth-order valence-electron chi connectivity index (χ4n) is 2.79. The van der Waals surface area contributed by atoms with E-state index in [1.807, 2.05) is 24.3 Å². The van der Waals surface area contributed by atoms with Crippen molar-refractivity contribution in [2.75, 3.05) is 0 Å². The molecule has 2 N–H and O–H groups in total. The molecule has 0 spiro atoms. The number of carbonyl (C=O) groups excluding carboxylic acids is 1. The van der Waals surface area contributed by atoms with Gasteiger partial charge in [0.15, 0.2) is 0 Å². The van der Waals surface area contributed by atoms with Gasteiger partial charge in [0, 0.05) is 18.2 Å². The van der Waals surface area contributed by atoms with Gasteiger partial charge in [-0.05, 0) is 36.4 Å². The molecule has 2 aromatic heterocycles. The van der Waals surface area contributed by atoms with Crippen LogP contribution in [0.2, 0.25) is 0 Å². The molecule has 126 valence electrons. The second-order valence-corrected chi connectivity index (χ2v) is 5.87. The number of fused-ring (bicyclic) bond motifs is 2. The number of imidazole rings is 1. The van der Waals surface area contributed by atoms with Crippen LogP contribution in [0.4, 0.5) is 4.39 Å². The van der Waals surface area contributed by atoms with Gasteiger partial charge in [0.1, 0.15) is 23.0 Å². The summed E-state index contributed by atoms with van der Waals surface area (Å²) in [6.07, 6.45) is 0.862. The van der Waals surface area contributed by atoms with Crippen molar-refractivity contribution in [2.24, 2.45) is 0 Å². The highest BCUT2D eigenvalue weighted by Gasteiger charge is 2.09. The van der Waals surface area contributed by atoms with E-state index in [1.165, 1.54) is 12.1 Å². The van der Waals surface area contributed by atoms with Gasteiger partial charge in [0.25, 0.3) is 0 Å². The summed E-state index contributed by atoms with van der Waals surface area (Å²) in [7, 11) is 0. The van der Waals surface area contributed by atoms with Crippen LogP contribution in [0, 0.1) is 5.82 Å². The summed E-state index contributed by atoms with van der Waals surface area (Å²) in [5.74, 6) is 0.982. The third kappa shape index (κ3) is 3.38. The lowest BCUT2D eigenvalue weighted by atomic mass is 10.2. The predicted molar refractivity (Wildman–Crippen MR) is 92.4 cm³/mol. The Hall–Kier alpha value is -3.15. The maximum absolute atomic E-state index is 13.2. The second kappa shape index (κ2) is 6.39. The lowest BCUT2D eigenvalue weighted by Gasteiger charge is -2.01. The summed E-state index contributed by atoms with van der Waals surface area (Å²) >= 11 is 0. The van der Waals surface area contributed by atoms with Gasteiger partial charge in [-0.3, -0.25) is 4.79 Å². The first kappa shape index (κ1) is 15.4. The monoisotopic (exact) mass is 337 g/mol. The van der Waals surface area contributed by atoms with Gasteiger partial charge in [0.05, 0.1) is 17.6 Å².